The van der Waals surface area contributed by atoms with E-state index in [1.54, 1.807) is 12.1 Å². The molecule has 1 aliphatic carbocycles. The average molecular weight is 335 g/mol. The molecule has 2 rings (SSSR count). The Kier molecular flexibility index (Phi) is 4.62. The van der Waals surface area contributed by atoms with Gasteiger partial charge >= 0.3 is 0 Å². The van der Waals surface area contributed by atoms with E-state index < -0.39 is 11.2 Å². The summed E-state index contributed by atoms with van der Waals surface area (Å²) in [6.07, 6.45) is 4.30. The van der Waals surface area contributed by atoms with Gasteiger partial charge in [-0.1, -0.05) is 18.9 Å². The minimum absolute atomic E-state index is 0.221. The van der Waals surface area contributed by atoms with E-state index in [1.807, 2.05) is 0 Å². The van der Waals surface area contributed by atoms with E-state index >= 15 is 0 Å². The molecule has 1 aliphatic rings. The van der Waals surface area contributed by atoms with Crippen molar-refractivity contribution in [3.63, 3.8) is 0 Å². The highest BCUT2D eigenvalue weighted by molar-refractivity contribution is 9.10. The largest absolute Gasteiger partial charge is 0.352 e. The van der Waals surface area contributed by atoms with Crippen LogP contribution in [0.15, 0.2) is 22.7 Å². The molecule has 0 radical (unpaired) electrons. The number of benzene rings is 1. The summed E-state index contributed by atoms with van der Waals surface area (Å²) in [4.78, 5) is 11.9. The summed E-state index contributed by atoms with van der Waals surface area (Å²) in [5, 5.41) is 2.07. The third-order valence-electron chi connectivity index (χ3n) is 3.17. The standard InChI is InChI=1S/C13H14BrClFNO/c14-10-6-5-8(7-11(10)16)12(15)13(18)17-9-3-1-2-4-9/h5-7,9,12H,1-4H2,(H,17,18). The predicted octanol–water partition coefficient (Wildman–Crippen LogP) is 3.93. The maximum atomic E-state index is 13.4. The van der Waals surface area contributed by atoms with Crippen LogP contribution in [0.4, 0.5) is 4.39 Å². The van der Waals surface area contributed by atoms with Crippen LogP contribution in [0.3, 0.4) is 0 Å². The first-order chi connectivity index (χ1) is 8.58. The summed E-state index contributed by atoms with van der Waals surface area (Å²) in [6, 6.07) is 4.72. The van der Waals surface area contributed by atoms with Crippen LogP contribution in [-0.2, 0) is 4.79 Å². The molecular weight excluding hydrogens is 321 g/mol. The number of carbonyl (C=O) groups is 1. The van der Waals surface area contributed by atoms with Crippen molar-refractivity contribution in [1.82, 2.24) is 5.32 Å². The molecule has 0 spiro atoms. The predicted molar refractivity (Wildman–Crippen MR) is 73.1 cm³/mol. The summed E-state index contributed by atoms with van der Waals surface area (Å²) in [7, 11) is 0. The third-order valence-corrected chi connectivity index (χ3v) is 4.26. The summed E-state index contributed by atoms with van der Waals surface area (Å²) in [6.45, 7) is 0. The third kappa shape index (κ3) is 3.23. The highest BCUT2D eigenvalue weighted by Gasteiger charge is 2.23. The molecular formula is C13H14BrClFNO. The van der Waals surface area contributed by atoms with E-state index in [2.05, 4.69) is 21.2 Å². The molecule has 0 saturated heterocycles. The number of halogens is 3. The van der Waals surface area contributed by atoms with E-state index in [0.717, 1.165) is 25.7 Å². The first-order valence-corrected chi connectivity index (χ1v) is 7.20. The smallest absolute Gasteiger partial charge is 0.242 e. The Labute approximate surface area is 119 Å². The summed E-state index contributed by atoms with van der Waals surface area (Å²) < 4.78 is 13.7. The van der Waals surface area contributed by atoms with Crippen molar-refractivity contribution in [1.29, 1.82) is 0 Å². The first-order valence-electron chi connectivity index (χ1n) is 5.97. The Morgan fingerprint density at radius 1 is 1.44 bits per heavy atom. The van der Waals surface area contributed by atoms with Gasteiger partial charge in [0.25, 0.3) is 0 Å². The van der Waals surface area contributed by atoms with Crippen LogP contribution in [0.2, 0.25) is 0 Å². The number of carbonyl (C=O) groups excluding carboxylic acids is 1. The normalized spacial score (nSPS) is 17.7. The van der Waals surface area contributed by atoms with Gasteiger partial charge in [-0.2, -0.15) is 0 Å². The number of alkyl halides is 1. The molecule has 0 aromatic heterocycles. The van der Waals surface area contributed by atoms with Crippen LogP contribution in [0.25, 0.3) is 0 Å². The molecule has 2 nitrogen and oxygen atoms in total. The number of hydrogen-bond acceptors (Lipinski definition) is 1. The number of nitrogens with one attached hydrogen (secondary N) is 1. The maximum Gasteiger partial charge on any atom is 0.242 e. The molecule has 0 bridgehead atoms. The second kappa shape index (κ2) is 6.02. The van der Waals surface area contributed by atoms with Crippen molar-refractivity contribution in [2.75, 3.05) is 0 Å². The molecule has 1 N–H and O–H groups in total. The second-order valence-electron chi connectivity index (χ2n) is 4.53. The molecule has 1 aromatic carbocycles. The van der Waals surface area contributed by atoms with Crippen LogP contribution in [0.1, 0.15) is 36.6 Å². The van der Waals surface area contributed by atoms with Crippen LogP contribution in [-0.4, -0.2) is 11.9 Å². The highest BCUT2D eigenvalue weighted by atomic mass is 79.9. The van der Waals surface area contributed by atoms with Gasteiger partial charge in [0.15, 0.2) is 0 Å². The molecule has 1 saturated carbocycles. The lowest BCUT2D eigenvalue weighted by Gasteiger charge is -2.15. The van der Waals surface area contributed by atoms with E-state index in [9.17, 15) is 9.18 Å². The maximum absolute atomic E-state index is 13.4. The highest BCUT2D eigenvalue weighted by Crippen LogP contribution is 2.26. The average Bonchev–Trinajstić information content (AvgIpc) is 2.84. The van der Waals surface area contributed by atoms with Crippen molar-refractivity contribution in [2.24, 2.45) is 0 Å². The minimum atomic E-state index is -0.840. The van der Waals surface area contributed by atoms with Gasteiger partial charge in [-0.25, -0.2) is 4.39 Å². The Morgan fingerprint density at radius 2 is 2.11 bits per heavy atom. The van der Waals surface area contributed by atoms with Gasteiger partial charge in [0.2, 0.25) is 5.91 Å². The molecule has 0 heterocycles. The summed E-state index contributed by atoms with van der Waals surface area (Å²) in [5.74, 6) is -0.655. The molecule has 1 aromatic rings. The van der Waals surface area contributed by atoms with Gasteiger partial charge < -0.3 is 5.32 Å². The molecule has 1 fully saturated rings. The van der Waals surface area contributed by atoms with E-state index in [4.69, 9.17) is 11.6 Å². The summed E-state index contributed by atoms with van der Waals surface area (Å²) >= 11 is 9.13. The monoisotopic (exact) mass is 333 g/mol. The molecule has 1 unspecified atom stereocenters. The lowest BCUT2D eigenvalue weighted by molar-refractivity contribution is -0.121. The fraction of sp³-hybridized carbons (Fsp3) is 0.462. The number of rotatable bonds is 3. The second-order valence-corrected chi connectivity index (χ2v) is 5.82. The van der Waals surface area contributed by atoms with Gasteiger partial charge in [0.1, 0.15) is 11.2 Å². The minimum Gasteiger partial charge on any atom is -0.352 e. The van der Waals surface area contributed by atoms with Crippen molar-refractivity contribution < 1.29 is 9.18 Å². The van der Waals surface area contributed by atoms with E-state index in [1.165, 1.54) is 6.07 Å². The molecule has 5 heteroatoms. The van der Waals surface area contributed by atoms with Crippen molar-refractivity contribution in [3.05, 3.63) is 34.1 Å². The van der Waals surface area contributed by atoms with Gasteiger partial charge in [0, 0.05) is 6.04 Å². The molecule has 1 amide bonds. The SMILES string of the molecule is O=C(NC1CCCC1)C(Cl)c1ccc(Br)c(F)c1. The van der Waals surface area contributed by atoms with Crippen LogP contribution < -0.4 is 5.32 Å². The fourth-order valence-electron chi connectivity index (χ4n) is 2.17. The van der Waals surface area contributed by atoms with Crippen LogP contribution in [0.5, 0.6) is 0 Å². The zero-order valence-electron chi connectivity index (χ0n) is 9.76. The zero-order valence-corrected chi connectivity index (χ0v) is 12.1. The topological polar surface area (TPSA) is 29.1 Å². The van der Waals surface area contributed by atoms with E-state index in [0.29, 0.717) is 10.0 Å². The Balaban J connectivity index is 2.02. The van der Waals surface area contributed by atoms with Crippen LogP contribution >= 0.6 is 27.5 Å². The van der Waals surface area contributed by atoms with Crippen molar-refractivity contribution >= 4 is 33.4 Å². The molecule has 18 heavy (non-hydrogen) atoms. The lowest BCUT2D eigenvalue weighted by Crippen LogP contribution is -2.34. The first kappa shape index (κ1) is 13.8. The van der Waals surface area contributed by atoms with Crippen LogP contribution in [0, 0.1) is 5.82 Å². The number of amides is 1. The van der Waals surface area contributed by atoms with Gasteiger partial charge in [-0.3, -0.25) is 4.79 Å². The Morgan fingerprint density at radius 3 is 2.72 bits per heavy atom. The van der Waals surface area contributed by atoms with Crippen molar-refractivity contribution in [2.45, 2.75) is 37.1 Å². The molecule has 1 atom stereocenters. The van der Waals surface area contributed by atoms with E-state index in [-0.39, 0.29) is 11.9 Å². The number of hydrogen-bond donors (Lipinski definition) is 1. The summed E-state index contributed by atoms with van der Waals surface area (Å²) in [5.41, 5.74) is 0.480. The lowest BCUT2D eigenvalue weighted by atomic mass is 10.1. The zero-order chi connectivity index (χ0) is 13.1. The van der Waals surface area contributed by atoms with Crippen molar-refractivity contribution in [3.8, 4) is 0 Å². The molecule has 98 valence electrons. The van der Waals surface area contributed by atoms with Gasteiger partial charge in [-0.05, 0) is 46.5 Å². The quantitative estimate of drug-likeness (QED) is 0.834. The van der Waals surface area contributed by atoms with Gasteiger partial charge in [0.05, 0.1) is 4.47 Å². The Hall–Kier alpha value is -0.610. The molecule has 0 aliphatic heterocycles. The van der Waals surface area contributed by atoms with Gasteiger partial charge in [-0.15, -0.1) is 11.6 Å². The fourth-order valence-corrected chi connectivity index (χ4v) is 2.61. The Bertz CT molecular complexity index is 449.